The van der Waals surface area contributed by atoms with E-state index in [-0.39, 0.29) is 23.6 Å². The second kappa shape index (κ2) is 12.9. The zero-order valence-electron chi connectivity index (χ0n) is 28.9. The molecule has 0 spiro atoms. The number of rotatable bonds is 14. The van der Waals surface area contributed by atoms with E-state index < -0.39 is 0 Å². The smallest absolute Gasteiger partial charge is 0.261 e. The van der Waals surface area contributed by atoms with Crippen LogP contribution in [0, 0.1) is 13.8 Å². The maximum Gasteiger partial charge on any atom is 0.261 e. The number of carbonyl (C=O) groups excluding carboxylic acids is 4. The van der Waals surface area contributed by atoms with Crippen molar-refractivity contribution in [1.29, 1.82) is 0 Å². The van der Waals surface area contributed by atoms with Gasteiger partial charge >= 0.3 is 0 Å². The first-order chi connectivity index (χ1) is 23.3. The topological polar surface area (TPSA) is 74.8 Å². The molecule has 6 heteroatoms. The van der Waals surface area contributed by atoms with Crippen molar-refractivity contribution in [2.45, 2.75) is 105 Å². The molecule has 0 atom stereocenters. The zero-order chi connectivity index (χ0) is 33.7. The Hall–Kier alpha value is -4.32. The van der Waals surface area contributed by atoms with E-state index in [0.29, 0.717) is 35.3 Å². The summed E-state index contributed by atoms with van der Waals surface area (Å²) < 4.78 is 0. The van der Waals surface area contributed by atoms with Gasteiger partial charge < -0.3 is 0 Å². The highest BCUT2D eigenvalue weighted by atomic mass is 16.2. The van der Waals surface area contributed by atoms with E-state index in [0.717, 1.165) is 92.7 Å². The van der Waals surface area contributed by atoms with Crippen molar-refractivity contribution >= 4 is 66.7 Å². The van der Waals surface area contributed by atoms with Crippen molar-refractivity contribution in [3.05, 3.63) is 69.8 Å². The number of unbranched alkanes of at least 4 members (excludes halogenated alkanes) is 10. The number of hydrogen-bond donors (Lipinski definition) is 0. The van der Waals surface area contributed by atoms with Gasteiger partial charge in [-0.3, -0.25) is 29.0 Å². The molecular weight excluding hydrogens is 596 g/mol. The summed E-state index contributed by atoms with van der Waals surface area (Å²) in [5, 5.41) is 7.06. The monoisotopic (exact) mass is 642 g/mol. The molecule has 48 heavy (non-hydrogen) atoms. The molecule has 0 aliphatic carbocycles. The minimum absolute atomic E-state index is 0.211. The van der Waals surface area contributed by atoms with Gasteiger partial charge in [0.1, 0.15) is 0 Å². The van der Waals surface area contributed by atoms with Crippen LogP contribution < -0.4 is 0 Å². The van der Waals surface area contributed by atoms with Crippen LogP contribution in [0.4, 0.5) is 0 Å². The molecule has 0 aromatic heterocycles. The van der Waals surface area contributed by atoms with E-state index in [4.69, 9.17) is 0 Å². The predicted octanol–water partition coefficient (Wildman–Crippen LogP) is 10.3. The zero-order valence-corrected chi connectivity index (χ0v) is 28.9. The van der Waals surface area contributed by atoms with Crippen LogP contribution in [0.15, 0.2) is 36.4 Å². The van der Waals surface area contributed by atoms with Crippen molar-refractivity contribution < 1.29 is 19.2 Å². The molecule has 0 saturated carbocycles. The summed E-state index contributed by atoms with van der Waals surface area (Å²) in [6.45, 7) is 9.22. The lowest BCUT2D eigenvalue weighted by Crippen LogP contribution is -2.41. The van der Waals surface area contributed by atoms with Gasteiger partial charge in [0.15, 0.2) is 0 Å². The van der Waals surface area contributed by atoms with Gasteiger partial charge in [-0.05, 0) is 94.4 Å². The van der Waals surface area contributed by atoms with Crippen molar-refractivity contribution in [2.75, 3.05) is 13.1 Å². The number of hydrogen-bond acceptors (Lipinski definition) is 4. The molecule has 0 bridgehead atoms. The van der Waals surface area contributed by atoms with Gasteiger partial charge in [0, 0.05) is 40.6 Å². The standard InChI is InChI=1S/C42H46N2O4/c1-5-7-9-11-13-15-21-43-39(45)29-19-17-27-31-23-26(4)34-38-30(40(46)44(42(34)48)22-16-14-12-10-8-6-2)20-18-28(35(31)38)33-25(3)24-32(41(43)47)36(29)37(27)33/h17-20,23-24H,5-16,21-22H2,1-4H3. The number of aryl methyl sites for hydroxylation is 2. The maximum atomic E-state index is 14.0. The third kappa shape index (κ3) is 4.98. The average Bonchev–Trinajstić information content (AvgIpc) is 3.07. The highest BCUT2D eigenvalue weighted by Gasteiger charge is 2.37. The van der Waals surface area contributed by atoms with Gasteiger partial charge in [0.25, 0.3) is 23.6 Å². The molecule has 4 amide bonds. The van der Waals surface area contributed by atoms with Crippen LogP contribution in [0.2, 0.25) is 0 Å². The number of carbonyl (C=O) groups is 4. The number of nitrogens with zero attached hydrogens (tertiary/aromatic N) is 2. The third-order valence-electron chi connectivity index (χ3n) is 10.9. The Bertz CT molecular complexity index is 2120. The lowest BCUT2D eigenvalue weighted by molar-refractivity contribution is 0.0592. The SMILES string of the molecule is CCCCCCCCN1C(=O)c2ccc3c4c(C)cc5c6c(ccc(c7cc(C)c(c2c73)C1=O)c64)C(=O)N(CCCCCCCC)C5=O. The molecule has 0 saturated heterocycles. The third-order valence-corrected chi connectivity index (χ3v) is 10.9. The Balaban J connectivity index is 1.33. The van der Waals surface area contributed by atoms with Crippen LogP contribution >= 0.6 is 0 Å². The molecule has 7 rings (SSSR count). The van der Waals surface area contributed by atoms with E-state index >= 15 is 0 Å². The Labute approximate surface area is 282 Å². The number of imide groups is 2. The van der Waals surface area contributed by atoms with Gasteiger partial charge in [-0.25, -0.2) is 0 Å². The average molecular weight is 643 g/mol. The molecule has 5 aromatic carbocycles. The summed E-state index contributed by atoms with van der Waals surface area (Å²) in [4.78, 5) is 58.7. The summed E-state index contributed by atoms with van der Waals surface area (Å²) >= 11 is 0. The van der Waals surface area contributed by atoms with Gasteiger partial charge in [-0.15, -0.1) is 0 Å². The largest absolute Gasteiger partial charge is 0.274 e. The van der Waals surface area contributed by atoms with Crippen LogP contribution in [0.3, 0.4) is 0 Å². The number of fused-ring (bicyclic) bond motifs is 2. The molecular formula is C42H46N2O4. The Morgan fingerprint density at radius 3 is 1.58 bits per heavy atom. The van der Waals surface area contributed by atoms with E-state index in [9.17, 15) is 19.2 Å². The van der Waals surface area contributed by atoms with Crippen molar-refractivity contribution in [3.63, 3.8) is 0 Å². The normalized spacial score (nSPS) is 14.7. The lowest BCUT2D eigenvalue weighted by atomic mass is 9.80. The van der Waals surface area contributed by atoms with Gasteiger partial charge in [-0.2, -0.15) is 0 Å². The molecule has 6 nitrogen and oxygen atoms in total. The second-order valence-electron chi connectivity index (χ2n) is 14.1. The molecule has 5 aromatic rings. The highest BCUT2D eigenvalue weighted by Crippen LogP contribution is 2.48. The minimum Gasteiger partial charge on any atom is -0.274 e. The first kappa shape index (κ1) is 32.2. The second-order valence-corrected chi connectivity index (χ2v) is 14.1. The summed E-state index contributed by atoms with van der Waals surface area (Å²) in [6.07, 6.45) is 13.0. The molecule has 248 valence electrons. The quantitative estimate of drug-likeness (QED) is 0.0523. The van der Waals surface area contributed by atoms with E-state index in [2.05, 4.69) is 19.9 Å². The molecule has 0 unspecified atom stereocenters. The first-order valence-corrected chi connectivity index (χ1v) is 18.2. The van der Waals surface area contributed by atoms with Crippen LogP contribution in [0.1, 0.15) is 143 Å². The maximum absolute atomic E-state index is 14.0. The molecule has 2 heterocycles. The van der Waals surface area contributed by atoms with E-state index in [1.54, 1.807) is 0 Å². The molecule has 0 N–H and O–H groups in total. The van der Waals surface area contributed by atoms with Crippen LogP contribution in [-0.2, 0) is 0 Å². The number of amides is 4. The highest BCUT2D eigenvalue weighted by molar-refractivity contribution is 6.41. The molecule has 2 aliphatic heterocycles. The number of benzene rings is 5. The fourth-order valence-electron chi connectivity index (χ4n) is 8.46. The van der Waals surface area contributed by atoms with Gasteiger partial charge in [0.05, 0.1) is 5.56 Å². The van der Waals surface area contributed by atoms with Gasteiger partial charge in [0.2, 0.25) is 0 Å². The molecule has 2 aliphatic rings. The Morgan fingerprint density at radius 1 is 0.438 bits per heavy atom. The van der Waals surface area contributed by atoms with E-state index in [1.165, 1.54) is 48.3 Å². The molecule has 0 radical (unpaired) electrons. The first-order valence-electron chi connectivity index (χ1n) is 18.2. The summed E-state index contributed by atoms with van der Waals surface area (Å²) in [5.74, 6) is -0.881. The van der Waals surface area contributed by atoms with Crippen LogP contribution in [0.25, 0.3) is 43.1 Å². The Morgan fingerprint density at radius 2 is 0.958 bits per heavy atom. The summed E-state index contributed by atoms with van der Waals surface area (Å²) in [7, 11) is 0. The Kier molecular flexibility index (Phi) is 8.69. The van der Waals surface area contributed by atoms with Gasteiger partial charge in [-0.1, -0.05) is 90.2 Å². The lowest BCUT2D eigenvalue weighted by Gasteiger charge is -2.31. The minimum atomic E-state index is -0.226. The van der Waals surface area contributed by atoms with Crippen molar-refractivity contribution in [1.82, 2.24) is 9.80 Å². The fourth-order valence-corrected chi connectivity index (χ4v) is 8.46. The van der Waals surface area contributed by atoms with Crippen molar-refractivity contribution in [2.24, 2.45) is 0 Å². The summed E-state index contributed by atoms with van der Waals surface area (Å²) in [5.41, 5.74) is 4.10. The predicted molar refractivity (Wildman–Crippen MR) is 195 cm³/mol. The summed E-state index contributed by atoms with van der Waals surface area (Å²) in [6, 6.07) is 11.8. The fraction of sp³-hybridized carbons (Fsp3) is 0.429. The van der Waals surface area contributed by atoms with Crippen LogP contribution in [-0.4, -0.2) is 46.5 Å². The van der Waals surface area contributed by atoms with Crippen LogP contribution in [0.5, 0.6) is 0 Å². The van der Waals surface area contributed by atoms with Crippen molar-refractivity contribution in [3.8, 4) is 0 Å². The van der Waals surface area contributed by atoms with E-state index in [1.807, 2.05) is 44.2 Å². The molecule has 0 fully saturated rings.